The second-order valence-corrected chi connectivity index (χ2v) is 6.94. The Hall–Kier alpha value is -1.68. The molecule has 1 aromatic rings. The lowest BCUT2D eigenvalue weighted by atomic mass is 9.67. The molecule has 3 rings (SSSR count). The van der Waals surface area contributed by atoms with Gasteiger partial charge in [0.2, 0.25) is 5.91 Å². The highest BCUT2D eigenvalue weighted by Gasteiger charge is 2.40. The van der Waals surface area contributed by atoms with E-state index in [1.807, 2.05) is 25.1 Å². The van der Waals surface area contributed by atoms with E-state index in [0.717, 1.165) is 30.6 Å². The Labute approximate surface area is 137 Å². The molecule has 0 saturated carbocycles. The third-order valence-electron chi connectivity index (χ3n) is 5.29. The van der Waals surface area contributed by atoms with Gasteiger partial charge >= 0.3 is 0 Å². The standard InChI is InChI=1S/C19H25FN2O/c1-2-19(18(21)23)11-15(12-19)9-14-5-6-16(17(20)10-14)13-22-7-3-4-8-22/h5-6,10-11H,2-4,7-9,12-13H2,1H3,(H2,21,23). The van der Waals surface area contributed by atoms with Gasteiger partial charge in [0.05, 0.1) is 5.41 Å². The lowest BCUT2D eigenvalue weighted by Crippen LogP contribution is -2.40. The van der Waals surface area contributed by atoms with Gasteiger partial charge in [0.1, 0.15) is 5.82 Å². The number of hydrogen-bond acceptors (Lipinski definition) is 2. The first-order valence-corrected chi connectivity index (χ1v) is 8.52. The molecule has 1 saturated heterocycles. The molecule has 1 atom stereocenters. The van der Waals surface area contributed by atoms with E-state index in [2.05, 4.69) is 4.90 Å². The van der Waals surface area contributed by atoms with Crippen LogP contribution in [0.3, 0.4) is 0 Å². The van der Waals surface area contributed by atoms with Crippen LogP contribution < -0.4 is 5.73 Å². The topological polar surface area (TPSA) is 46.3 Å². The van der Waals surface area contributed by atoms with Crippen molar-refractivity contribution in [2.75, 3.05) is 13.1 Å². The molecule has 1 amide bonds. The molecule has 0 spiro atoms. The zero-order valence-corrected chi connectivity index (χ0v) is 13.8. The molecule has 0 radical (unpaired) electrons. The van der Waals surface area contributed by atoms with Crippen LogP contribution in [-0.4, -0.2) is 23.9 Å². The summed E-state index contributed by atoms with van der Waals surface area (Å²) in [5.41, 5.74) is 7.92. The summed E-state index contributed by atoms with van der Waals surface area (Å²) in [5, 5.41) is 0. The summed E-state index contributed by atoms with van der Waals surface area (Å²) in [4.78, 5) is 13.8. The predicted octanol–water partition coefficient (Wildman–Crippen LogP) is 3.18. The van der Waals surface area contributed by atoms with Gasteiger partial charge in [0.15, 0.2) is 0 Å². The van der Waals surface area contributed by atoms with Gasteiger partial charge in [-0.3, -0.25) is 9.69 Å². The molecule has 1 heterocycles. The quantitative estimate of drug-likeness (QED) is 0.819. The normalized spacial score (nSPS) is 24.3. The van der Waals surface area contributed by atoms with E-state index in [4.69, 9.17) is 5.73 Å². The van der Waals surface area contributed by atoms with Crippen molar-refractivity contribution >= 4 is 5.91 Å². The Balaban J connectivity index is 1.65. The number of carbonyl (C=O) groups excluding carboxylic acids is 1. The summed E-state index contributed by atoms with van der Waals surface area (Å²) in [6.45, 7) is 4.82. The summed E-state index contributed by atoms with van der Waals surface area (Å²) < 4.78 is 14.3. The van der Waals surface area contributed by atoms with Crippen LogP contribution in [0.1, 0.15) is 43.7 Å². The summed E-state index contributed by atoms with van der Waals surface area (Å²) >= 11 is 0. The fraction of sp³-hybridized carbons (Fsp3) is 0.526. The van der Waals surface area contributed by atoms with Gasteiger partial charge in [0, 0.05) is 12.1 Å². The van der Waals surface area contributed by atoms with E-state index < -0.39 is 5.41 Å². The summed E-state index contributed by atoms with van der Waals surface area (Å²) in [6, 6.07) is 5.55. The van der Waals surface area contributed by atoms with Crippen molar-refractivity contribution in [1.29, 1.82) is 0 Å². The highest BCUT2D eigenvalue weighted by molar-refractivity contribution is 5.85. The number of benzene rings is 1. The highest BCUT2D eigenvalue weighted by Crippen LogP contribution is 2.43. The molecule has 0 aromatic heterocycles. The zero-order chi connectivity index (χ0) is 16.4. The average molecular weight is 316 g/mol. The maximum atomic E-state index is 14.3. The molecule has 1 aliphatic carbocycles. The van der Waals surface area contributed by atoms with Crippen LogP contribution in [-0.2, 0) is 17.8 Å². The number of hydrogen-bond donors (Lipinski definition) is 1. The molecule has 3 nitrogen and oxygen atoms in total. The van der Waals surface area contributed by atoms with Crippen LogP contribution >= 0.6 is 0 Å². The zero-order valence-electron chi connectivity index (χ0n) is 13.8. The number of carbonyl (C=O) groups is 1. The molecular formula is C19H25FN2O. The van der Waals surface area contributed by atoms with Gasteiger partial charge in [-0.1, -0.05) is 30.7 Å². The summed E-state index contributed by atoms with van der Waals surface area (Å²) in [6.07, 6.45) is 6.55. The number of nitrogens with zero attached hydrogens (tertiary/aromatic N) is 1. The minimum Gasteiger partial charge on any atom is -0.369 e. The van der Waals surface area contributed by atoms with Gasteiger partial charge < -0.3 is 5.73 Å². The highest BCUT2D eigenvalue weighted by atomic mass is 19.1. The molecule has 23 heavy (non-hydrogen) atoms. The SMILES string of the molecule is CCC1(C(N)=O)C=C(Cc2ccc(CN3CCCC3)c(F)c2)C1. The van der Waals surface area contributed by atoms with Crippen molar-refractivity contribution in [3.63, 3.8) is 0 Å². The number of likely N-dealkylation sites (tertiary alicyclic amines) is 1. The minimum absolute atomic E-state index is 0.119. The molecular weight excluding hydrogens is 291 g/mol. The van der Waals surface area contributed by atoms with E-state index in [9.17, 15) is 9.18 Å². The second kappa shape index (κ2) is 6.44. The Morgan fingerprint density at radius 3 is 2.61 bits per heavy atom. The van der Waals surface area contributed by atoms with Crippen LogP contribution in [0.2, 0.25) is 0 Å². The van der Waals surface area contributed by atoms with Crippen LogP contribution in [0, 0.1) is 11.2 Å². The fourth-order valence-corrected chi connectivity index (χ4v) is 3.71. The lowest BCUT2D eigenvalue weighted by molar-refractivity contribution is -0.126. The number of nitrogens with two attached hydrogens (primary N) is 1. The Morgan fingerprint density at radius 2 is 2.04 bits per heavy atom. The molecule has 1 aromatic carbocycles. The fourth-order valence-electron chi connectivity index (χ4n) is 3.71. The van der Waals surface area contributed by atoms with Gasteiger partial charge in [-0.2, -0.15) is 0 Å². The third kappa shape index (κ3) is 3.32. The maximum Gasteiger partial charge on any atom is 0.227 e. The summed E-state index contributed by atoms with van der Waals surface area (Å²) in [5.74, 6) is -0.373. The van der Waals surface area contributed by atoms with Crippen LogP contribution in [0.25, 0.3) is 0 Å². The first-order valence-electron chi connectivity index (χ1n) is 8.52. The van der Waals surface area contributed by atoms with Crippen molar-refractivity contribution in [2.45, 2.75) is 45.6 Å². The van der Waals surface area contributed by atoms with Crippen molar-refractivity contribution in [2.24, 2.45) is 11.1 Å². The molecule has 2 aliphatic rings. The number of primary amides is 1. The Morgan fingerprint density at radius 1 is 1.35 bits per heavy atom. The first-order chi connectivity index (χ1) is 11.0. The van der Waals surface area contributed by atoms with Gasteiger partial charge in [-0.05, 0) is 56.8 Å². The molecule has 4 heteroatoms. The van der Waals surface area contributed by atoms with Crippen LogP contribution in [0.5, 0.6) is 0 Å². The van der Waals surface area contributed by atoms with Crippen molar-refractivity contribution in [3.05, 3.63) is 46.8 Å². The number of amides is 1. The Kier molecular flexibility index (Phi) is 4.53. The lowest BCUT2D eigenvalue weighted by Gasteiger charge is -2.36. The van der Waals surface area contributed by atoms with E-state index in [1.54, 1.807) is 6.07 Å². The molecule has 1 aliphatic heterocycles. The monoisotopic (exact) mass is 316 g/mol. The van der Waals surface area contributed by atoms with Crippen LogP contribution in [0.4, 0.5) is 4.39 Å². The van der Waals surface area contributed by atoms with Gasteiger partial charge in [0.25, 0.3) is 0 Å². The van der Waals surface area contributed by atoms with E-state index >= 15 is 0 Å². The smallest absolute Gasteiger partial charge is 0.227 e. The van der Waals surface area contributed by atoms with Crippen LogP contribution in [0.15, 0.2) is 29.8 Å². The van der Waals surface area contributed by atoms with Gasteiger partial charge in [-0.15, -0.1) is 0 Å². The van der Waals surface area contributed by atoms with Crippen molar-refractivity contribution < 1.29 is 9.18 Å². The van der Waals surface area contributed by atoms with E-state index in [-0.39, 0.29) is 11.7 Å². The third-order valence-corrected chi connectivity index (χ3v) is 5.29. The van der Waals surface area contributed by atoms with Crippen molar-refractivity contribution in [3.8, 4) is 0 Å². The first kappa shape index (κ1) is 16.2. The minimum atomic E-state index is -0.469. The van der Waals surface area contributed by atoms with Crippen molar-refractivity contribution in [1.82, 2.24) is 4.90 Å². The predicted molar refractivity (Wildman–Crippen MR) is 89.2 cm³/mol. The average Bonchev–Trinajstić information content (AvgIpc) is 2.98. The van der Waals surface area contributed by atoms with E-state index in [0.29, 0.717) is 19.4 Å². The second-order valence-electron chi connectivity index (χ2n) is 6.94. The van der Waals surface area contributed by atoms with E-state index in [1.165, 1.54) is 18.4 Å². The number of halogens is 1. The molecule has 124 valence electrons. The maximum absolute atomic E-state index is 14.3. The Bertz CT molecular complexity index is 634. The number of rotatable bonds is 6. The summed E-state index contributed by atoms with van der Waals surface area (Å²) in [7, 11) is 0. The number of allylic oxidation sites excluding steroid dienone is 1. The molecule has 2 N–H and O–H groups in total. The molecule has 1 unspecified atom stereocenters. The largest absolute Gasteiger partial charge is 0.369 e. The molecule has 1 fully saturated rings. The molecule has 0 bridgehead atoms. The van der Waals surface area contributed by atoms with Gasteiger partial charge in [-0.25, -0.2) is 4.39 Å².